The van der Waals surface area contributed by atoms with Gasteiger partial charge in [0.25, 0.3) is 0 Å². The number of hydrogen-bond donors (Lipinski definition) is 0. The van der Waals surface area contributed by atoms with Crippen molar-refractivity contribution in [2.75, 3.05) is 68.1 Å². The molecule has 1 amide bonds. The highest BCUT2D eigenvalue weighted by Crippen LogP contribution is 2.37. The summed E-state index contributed by atoms with van der Waals surface area (Å²) in [6.45, 7) is 8.45. The number of para-hydroxylation sites is 1. The second kappa shape index (κ2) is 11.1. The van der Waals surface area contributed by atoms with E-state index in [1.54, 1.807) is 4.90 Å². The number of carbonyl (C=O) groups is 1. The van der Waals surface area contributed by atoms with Crippen LogP contribution >= 0.6 is 0 Å². The van der Waals surface area contributed by atoms with Crippen molar-refractivity contribution in [3.63, 3.8) is 0 Å². The molecule has 4 aliphatic rings. The molecule has 1 aromatic heterocycles. The quantitative estimate of drug-likeness (QED) is 0.518. The number of aromatic nitrogens is 2. The van der Waals surface area contributed by atoms with Gasteiger partial charge in [0.1, 0.15) is 5.82 Å². The van der Waals surface area contributed by atoms with Crippen LogP contribution in [-0.4, -0.2) is 97.2 Å². The first-order chi connectivity index (χ1) is 19.5. The molecule has 2 atom stereocenters. The molecule has 4 heterocycles. The number of hydrogen-bond acceptors (Lipinski definition) is 8. The molecule has 2 fully saturated rings. The molecule has 210 valence electrons. The average molecular weight is 541 g/mol. The standard InChI is InChI=1S/C31H40N8O/c1-4-29(40)39-17-16-36(19-24(39)13-14-32)30-26-12-11-23(38-15-7-9-22-8-5-6-10-28(22)38)18-27(26)33-31(34-30)37-20-25(21-37)35(2)3/h4-6,8,10,23-25H,1,7,9,11-13,15-21H2,2-3H3/t23?,24-/m0/s1. The second-order valence-corrected chi connectivity index (χ2v) is 11.8. The summed E-state index contributed by atoms with van der Waals surface area (Å²) in [5, 5.41) is 9.52. The van der Waals surface area contributed by atoms with Crippen molar-refractivity contribution in [3.05, 3.63) is 53.7 Å². The van der Waals surface area contributed by atoms with Crippen molar-refractivity contribution in [3.8, 4) is 6.07 Å². The van der Waals surface area contributed by atoms with Gasteiger partial charge in [0, 0.05) is 69.0 Å². The van der Waals surface area contributed by atoms with Gasteiger partial charge in [-0.25, -0.2) is 4.98 Å². The number of rotatable bonds is 6. The van der Waals surface area contributed by atoms with Gasteiger partial charge in [-0.3, -0.25) is 4.79 Å². The first kappa shape index (κ1) is 26.6. The highest BCUT2D eigenvalue weighted by atomic mass is 16.2. The number of likely N-dealkylation sites (N-methyl/N-ethyl adjacent to an activating group) is 1. The van der Waals surface area contributed by atoms with E-state index >= 15 is 0 Å². The van der Waals surface area contributed by atoms with Crippen molar-refractivity contribution in [2.45, 2.75) is 56.7 Å². The van der Waals surface area contributed by atoms with Gasteiger partial charge in [-0.05, 0) is 57.5 Å². The molecule has 0 bridgehead atoms. The molecule has 0 spiro atoms. The summed E-state index contributed by atoms with van der Waals surface area (Å²) in [7, 11) is 4.25. The second-order valence-electron chi connectivity index (χ2n) is 11.8. The minimum Gasteiger partial charge on any atom is -0.368 e. The van der Waals surface area contributed by atoms with Crippen LogP contribution in [0.3, 0.4) is 0 Å². The molecule has 0 N–H and O–H groups in total. The van der Waals surface area contributed by atoms with Gasteiger partial charge in [-0.2, -0.15) is 10.2 Å². The summed E-state index contributed by atoms with van der Waals surface area (Å²) in [4.78, 5) is 34.2. The maximum Gasteiger partial charge on any atom is 0.246 e. The van der Waals surface area contributed by atoms with Gasteiger partial charge >= 0.3 is 0 Å². The predicted octanol–water partition coefficient (Wildman–Crippen LogP) is 2.65. The molecule has 2 saturated heterocycles. The summed E-state index contributed by atoms with van der Waals surface area (Å²) >= 11 is 0. The highest BCUT2D eigenvalue weighted by Gasteiger charge is 2.37. The molecular formula is C31H40N8O. The van der Waals surface area contributed by atoms with Crippen molar-refractivity contribution >= 4 is 23.4 Å². The Morgan fingerprint density at radius 1 is 1.12 bits per heavy atom. The Bertz CT molecular complexity index is 1310. The predicted molar refractivity (Wildman–Crippen MR) is 158 cm³/mol. The molecule has 0 saturated carbocycles. The minimum absolute atomic E-state index is 0.106. The smallest absolute Gasteiger partial charge is 0.246 e. The fourth-order valence-electron chi connectivity index (χ4n) is 6.86. The maximum atomic E-state index is 12.5. The van der Waals surface area contributed by atoms with Gasteiger partial charge in [-0.15, -0.1) is 0 Å². The van der Waals surface area contributed by atoms with E-state index < -0.39 is 0 Å². The molecule has 6 rings (SSSR count). The largest absolute Gasteiger partial charge is 0.368 e. The molecular weight excluding hydrogens is 500 g/mol. The van der Waals surface area contributed by atoms with Crippen molar-refractivity contribution in [1.82, 2.24) is 19.8 Å². The van der Waals surface area contributed by atoms with Crippen LogP contribution in [-0.2, 0) is 24.1 Å². The number of aryl methyl sites for hydroxylation is 1. The summed E-state index contributed by atoms with van der Waals surface area (Å²) in [5.41, 5.74) is 5.24. The van der Waals surface area contributed by atoms with Crippen molar-refractivity contribution in [1.29, 1.82) is 5.26 Å². The Labute approximate surface area is 237 Å². The van der Waals surface area contributed by atoms with E-state index in [-0.39, 0.29) is 11.9 Å². The first-order valence-electron chi connectivity index (χ1n) is 14.7. The minimum atomic E-state index is -0.179. The molecule has 9 heteroatoms. The van der Waals surface area contributed by atoms with E-state index in [0.717, 1.165) is 62.8 Å². The Kier molecular flexibility index (Phi) is 7.37. The molecule has 3 aliphatic heterocycles. The van der Waals surface area contributed by atoms with Crippen molar-refractivity contribution in [2.24, 2.45) is 0 Å². The first-order valence-corrected chi connectivity index (χ1v) is 14.7. The zero-order valence-corrected chi connectivity index (χ0v) is 23.8. The molecule has 1 aliphatic carbocycles. The third-order valence-electron chi connectivity index (χ3n) is 9.24. The number of anilines is 3. The van der Waals surface area contributed by atoms with E-state index in [9.17, 15) is 10.1 Å². The number of carbonyl (C=O) groups excluding carboxylic acids is 1. The van der Waals surface area contributed by atoms with E-state index in [1.807, 2.05) is 0 Å². The van der Waals surface area contributed by atoms with Gasteiger partial charge in [0.2, 0.25) is 11.9 Å². The van der Waals surface area contributed by atoms with E-state index in [4.69, 9.17) is 9.97 Å². The lowest BCUT2D eigenvalue weighted by Crippen LogP contribution is -2.58. The lowest BCUT2D eigenvalue weighted by molar-refractivity contribution is -0.128. The van der Waals surface area contributed by atoms with Gasteiger partial charge in [0.15, 0.2) is 0 Å². The highest BCUT2D eigenvalue weighted by molar-refractivity contribution is 5.87. The molecule has 0 radical (unpaired) electrons. The third-order valence-corrected chi connectivity index (χ3v) is 9.24. The summed E-state index contributed by atoms with van der Waals surface area (Å²) < 4.78 is 0. The molecule has 2 aromatic rings. The molecule has 1 aromatic carbocycles. The number of nitriles is 1. The fourth-order valence-corrected chi connectivity index (χ4v) is 6.86. The Morgan fingerprint density at radius 2 is 1.95 bits per heavy atom. The Morgan fingerprint density at radius 3 is 2.73 bits per heavy atom. The van der Waals surface area contributed by atoms with E-state index in [1.165, 1.54) is 29.3 Å². The van der Waals surface area contributed by atoms with Crippen LogP contribution < -0.4 is 14.7 Å². The number of amides is 1. The maximum absolute atomic E-state index is 12.5. The van der Waals surface area contributed by atoms with Crippen molar-refractivity contribution < 1.29 is 4.79 Å². The lowest BCUT2D eigenvalue weighted by Gasteiger charge is -2.45. The van der Waals surface area contributed by atoms with Crippen LogP contribution in [0.2, 0.25) is 0 Å². The normalized spacial score (nSPS) is 22.9. The zero-order chi connectivity index (χ0) is 27.8. The topological polar surface area (TPSA) is 82.8 Å². The number of nitrogens with zero attached hydrogens (tertiary/aromatic N) is 8. The number of benzene rings is 1. The van der Waals surface area contributed by atoms with Crippen LogP contribution in [0.4, 0.5) is 17.5 Å². The van der Waals surface area contributed by atoms with Crippen LogP contribution in [0.5, 0.6) is 0 Å². The van der Waals surface area contributed by atoms with Crippen LogP contribution in [0, 0.1) is 11.3 Å². The van der Waals surface area contributed by atoms with E-state index in [2.05, 4.69) is 70.6 Å². The van der Waals surface area contributed by atoms with Gasteiger partial charge in [-0.1, -0.05) is 24.8 Å². The fraction of sp³-hybridized carbons (Fsp3) is 0.548. The molecule has 9 nitrogen and oxygen atoms in total. The lowest BCUT2D eigenvalue weighted by atomic mass is 9.88. The SMILES string of the molecule is C=CC(=O)N1CCN(c2nc(N3CC(N(C)C)C3)nc3c2CCC(N2CCCc4ccccc42)C3)C[C@@H]1CC#N. The zero-order valence-electron chi connectivity index (χ0n) is 23.8. The Hall–Kier alpha value is -3.64. The monoisotopic (exact) mass is 540 g/mol. The van der Waals surface area contributed by atoms with E-state index in [0.29, 0.717) is 38.1 Å². The summed E-state index contributed by atoms with van der Waals surface area (Å²) in [6.07, 6.45) is 6.90. The van der Waals surface area contributed by atoms with Crippen LogP contribution in [0.25, 0.3) is 0 Å². The summed E-state index contributed by atoms with van der Waals surface area (Å²) in [5.74, 6) is 1.71. The average Bonchev–Trinajstić information content (AvgIpc) is 2.95. The number of fused-ring (bicyclic) bond motifs is 2. The number of piperazine rings is 1. The molecule has 40 heavy (non-hydrogen) atoms. The third kappa shape index (κ3) is 4.90. The Balaban J connectivity index is 1.32. The van der Waals surface area contributed by atoms with Crippen LogP contribution in [0.15, 0.2) is 36.9 Å². The van der Waals surface area contributed by atoms with Crippen LogP contribution in [0.1, 0.15) is 36.1 Å². The summed E-state index contributed by atoms with van der Waals surface area (Å²) in [6, 6.07) is 11.9. The van der Waals surface area contributed by atoms with Gasteiger partial charge < -0.3 is 24.5 Å². The van der Waals surface area contributed by atoms with Gasteiger partial charge in [0.05, 0.1) is 24.2 Å². The molecule has 1 unspecified atom stereocenters.